The van der Waals surface area contributed by atoms with Gasteiger partial charge in [-0.05, 0) is 44.6 Å². The van der Waals surface area contributed by atoms with E-state index >= 15 is 0 Å². The molecule has 2 aliphatic rings. The largest absolute Gasteiger partial charge is 0.327 e. The highest BCUT2D eigenvalue weighted by atomic mass is 32.2. The van der Waals surface area contributed by atoms with Crippen LogP contribution in [0.5, 0.6) is 0 Å². The standard InChI is InChI=1S/C13H20N2O2S2/c1-8-5-13(9(2)18-8)19(16,17)15-6-10-3-4-12(14)11(10)7-15/h5,10-12H,3-4,6-7,14H2,1-2H3. The molecule has 106 valence electrons. The maximum absolute atomic E-state index is 12.7. The minimum atomic E-state index is -3.33. The lowest BCUT2D eigenvalue weighted by Gasteiger charge is -2.18. The van der Waals surface area contributed by atoms with E-state index in [1.807, 2.05) is 13.8 Å². The quantitative estimate of drug-likeness (QED) is 0.904. The van der Waals surface area contributed by atoms with Crippen LogP contribution in [0.25, 0.3) is 0 Å². The van der Waals surface area contributed by atoms with Gasteiger partial charge in [-0.25, -0.2) is 8.42 Å². The molecule has 1 saturated heterocycles. The molecule has 2 fully saturated rings. The fourth-order valence-electron chi connectivity index (χ4n) is 3.47. The lowest BCUT2D eigenvalue weighted by Crippen LogP contribution is -2.33. The van der Waals surface area contributed by atoms with Crippen molar-refractivity contribution in [2.75, 3.05) is 13.1 Å². The minimum absolute atomic E-state index is 0.176. The van der Waals surface area contributed by atoms with E-state index in [4.69, 9.17) is 5.73 Å². The predicted octanol–water partition coefficient (Wildman–Crippen LogP) is 1.72. The van der Waals surface area contributed by atoms with E-state index < -0.39 is 10.0 Å². The number of sulfonamides is 1. The van der Waals surface area contributed by atoms with Crippen molar-refractivity contribution >= 4 is 21.4 Å². The Morgan fingerprint density at radius 1 is 1.32 bits per heavy atom. The van der Waals surface area contributed by atoms with E-state index in [0.717, 1.165) is 22.6 Å². The summed E-state index contributed by atoms with van der Waals surface area (Å²) < 4.78 is 27.0. The second kappa shape index (κ2) is 4.55. The molecule has 1 aromatic rings. The van der Waals surface area contributed by atoms with E-state index in [9.17, 15) is 8.42 Å². The molecule has 1 saturated carbocycles. The zero-order valence-corrected chi connectivity index (χ0v) is 12.9. The second-order valence-electron chi connectivity index (χ2n) is 5.76. The number of thiophene rings is 1. The molecule has 3 unspecified atom stereocenters. The molecule has 19 heavy (non-hydrogen) atoms. The number of rotatable bonds is 2. The SMILES string of the molecule is Cc1cc(S(=O)(=O)N2CC3CCC(N)C3C2)c(C)s1. The minimum Gasteiger partial charge on any atom is -0.327 e. The third-order valence-corrected chi connectivity index (χ3v) is 7.55. The highest BCUT2D eigenvalue weighted by Gasteiger charge is 2.45. The van der Waals surface area contributed by atoms with Crippen LogP contribution in [-0.4, -0.2) is 31.9 Å². The van der Waals surface area contributed by atoms with E-state index in [0.29, 0.717) is 29.8 Å². The van der Waals surface area contributed by atoms with Crippen molar-refractivity contribution in [1.29, 1.82) is 0 Å². The van der Waals surface area contributed by atoms with Crippen molar-refractivity contribution < 1.29 is 8.42 Å². The summed E-state index contributed by atoms with van der Waals surface area (Å²) >= 11 is 1.55. The van der Waals surface area contributed by atoms with Crippen LogP contribution in [0, 0.1) is 25.7 Å². The van der Waals surface area contributed by atoms with Gasteiger partial charge < -0.3 is 5.73 Å². The summed E-state index contributed by atoms with van der Waals surface area (Å²) in [6.07, 6.45) is 2.11. The Hall–Kier alpha value is -0.430. The van der Waals surface area contributed by atoms with Crippen molar-refractivity contribution in [2.45, 2.75) is 37.6 Å². The van der Waals surface area contributed by atoms with Crippen molar-refractivity contribution in [3.8, 4) is 0 Å². The normalized spacial score (nSPS) is 31.8. The summed E-state index contributed by atoms with van der Waals surface area (Å²) in [6.45, 7) is 5.08. The lowest BCUT2D eigenvalue weighted by atomic mass is 9.98. The van der Waals surface area contributed by atoms with E-state index in [2.05, 4.69) is 0 Å². The average molecular weight is 300 g/mol. The van der Waals surface area contributed by atoms with Crippen LogP contribution in [0.15, 0.2) is 11.0 Å². The van der Waals surface area contributed by atoms with Crippen LogP contribution >= 0.6 is 11.3 Å². The Morgan fingerprint density at radius 2 is 2.05 bits per heavy atom. The fraction of sp³-hybridized carbons (Fsp3) is 0.692. The number of fused-ring (bicyclic) bond motifs is 1. The van der Waals surface area contributed by atoms with Crippen molar-refractivity contribution in [2.24, 2.45) is 17.6 Å². The van der Waals surface area contributed by atoms with Gasteiger partial charge >= 0.3 is 0 Å². The molecule has 3 rings (SSSR count). The lowest BCUT2D eigenvalue weighted by molar-refractivity contribution is 0.427. The van der Waals surface area contributed by atoms with Crippen LogP contribution in [0.1, 0.15) is 22.6 Å². The first-order chi connectivity index (χ1) is 8.89. The van der Waals surface area contributed by atoms with Gasteiger partial charge in [0.1, 0.15) is 0 Å². The summed E-state index contributed by atoms with van der Waals surface area (Å²) in [5.74, 6) is 0.819. The number of aryl methyl sites for hydroxylation is 2. The topological polar surface area (TPSA) is 63.4 Å². The molecular formula is C13H20N2O2S2. The van der Waals surface area contributed by atoms with Gasteiger partial charge in [-0.1, -0.05) is 0 Å². The molecule has 0 spiro atoms. The van der Waals surface area contributed by atoms with Crippen LogP contribution in [0.2, 0.25) is 0 Å². The molecule has 3 atom stereocenters. The van der Waals surface area contributed by atoms with Crippen LogP contribution in [0.4, 0.5) is 0 Å². The summed E-state index contributed by atoms with van der Waals surface area (Å²) in [6, 6.07) is 1.97. The monoisotopic (exact) mass is 300 g/mol. The Bertz CT molecular complexity index is 594. The third kappa shape index (κ3) is 2.14. The summed E-state index contributed by atoms with van der Waals surface area (Å²) in [7, 11) is -3.33. The molecule has 0 aromatic carbocycles. The molecule has 0 radical (unpaired) electrons. The molecule has 2 heterocycles. The first-order valence-electron chi connectivity index (χ1n) is 6.72. The van der Waals surface area contributed by atoms with E-state index in [-0.39, 0.29) is 6.04 Å². The van der Waals surface area contributed by atoms with Gasteiger partial charge in [-0.2, -0.15) is 4.31 Å². The molecule has 0 amide bonds. The van der Waals surface area contributed by atoms with Gasteiger partial charge in [0.15, 0.2) is 0 Å². The van der Waals surface area contributed by atoms with Gasteiger partial charge in [0.2, 0.25) is 10.0 Å². The number of nitrogens with two attached hydrogens (primary N) is 1. The third-order valence-electron chi connectivity index (χ3n) is 4.49. The number of hydrogen-bond acceptors (Lipinski definition) is 4. The second-order valence-corrected chi connectivity index (χ2v) is 9.13. The Morgan fingerprint density at radius 3 is 2.63 bits per heavy atom. The first-order valence-corrected chi connectivity index (χ1v) is 8.98. The van der Waals surface area contributed by atoms with Crippen LogP contribution in [0.3, 0.4) is 0 Å². The first kappa shape index (κ1) is 13.5. The van der Waals surface area contributed by atoms with Gasteiger partial charge in [0.05, 0.1) is 4.90 Å². The fourth-order valence-corrected chi connectivity index (χ4v) is 6.52. The zero-order chi connectivity index (χ0) is 13.8. The molecule has 0 bridgehead atoms. The smallest absolute Gasteiger partial charge is 0.244 e. The van der Waals surface area contributed by atoms with Crippen molar-refractivity contribution in [1.82, 2.24) is 4.31 Å². The predicted molar refractivity (Wildman–Crippen MR) is 76.7 cm³/mol. The van der Waals surface area contributed by atoms with Crippen molar-refractivity contribution in [3.05, 3.63) is 15.8 Å². The summed E-state index contributed by atoms with van der Waals surface area (Å²) in [5, 5.41) is 0. The van der Waals surface area contributed by atoms with Gasteiger partial charge in [-0.15, -0.1) is 11.3 Å². The van der Waals surface area contributed by atoms with Crippen LogP contribution < -0.4 is 5.73 Å². The molecule has 2 N–H and O–H groups in total. The maximum Gasteiger partial charge on any atom is 0.244 e. The van der Waals surface area contributed by atoms with Crippen LogP contribution in [-0.2, 0) is 10.0 Å². The molecule has 1 aliphatic heterocycles. The molecular weight excluding hydrogens is 280 g/mol. The van der Waals surface area contributed by atoms with Gasteiger partial charge in [0.25, 0.3) is 0 Å². The highest BCUT2D eigenvalue weighted by molar-refractivity contribution is 7.89. The maximum atomic E-state index is 12.7. The Labute approximate surface area is 118 Å². The van der Waals surface area contributed by atoms with Crippen molar-refractivity contribution in [3.63, 3.8) is 0 Å². The van der Waals surface area contributed by atoms with E-state index in [1.54, 1.807) is 21.7 Å². The average Bonchev–Trinajstić information content (AvgIpc) is 2.96. The highest BCUT2D eigenvalue weighted by Crippen LogP contribution is 2.40. The molecule has 4 nitrogen and oxygen atoms in total. The Kier molecular flexibility index (Phi) is 3.24. The zero-order valence-electron chi connectivity index (χ0n) is 11.3. The number of nitrogens with zero attached hydrogens (tertiary/aromatic N) is 1. The number of hydrogen-bond donors (Lipinski definition) is 1. The summed E-state index contributed by atoms with van der Waals surface area (Å²) in [5.41, 5.74) is 6.08. The van der Waals surface area contributed by atoms with Gasteiger partial charge in [-0.3, -0.25) is 0 Å². The van der Waals surface area contributed by atoms with E-state index in [1.165, 1.54) is 0 Å². The molecule has 1 aromatic heterocycles. The summed E-state index contributed by atoms with van der Waals surface area (Å²) in [4.78, 5) is 2.43. The Balaban J connectivity index is 1.89. The molecule has 1 aliphatic carbocycles. The van der Waals surface area contributed by atoms with Gasteiger partial charge in [0, 0.05) is 28.9 Å². The molecule has 6 heteroatoms.